The number of hydrogen-bond acceptors (Lipinski definition) is 4. The van der Waals surface area contributed by atoms with E-state index in [0.29, 0.717) is 18.3 Å². The second-order valence-corrected chi connectivity index (χ2v) is 6.56. The van der Waals surface area contributed by atoms with Crippen molar-refractivity contribution in [1.82, 2.24) is 10.1 Å². The van der Waals surface area contributed by atoms with Crippen molar-refractivity contribution in [3.05, 3.63) is 64.5 Å². The Morgan fingerprint density at radius 1 is 1.12 bits per heavy atom. The fourth-order valence-corrected chi connectivity index (χ4v) is 2.97. The summed E-state index contributed by atoms with van der Waals surface area (Å²) < 4.78 is 11.9. The van der Waals surface area contributed by atoms with Crippen molar-refractivity contribution in [2.75, 3.05) is 14.2 Å². The Morgan fingerprint density at radius 2 is 1.92 bits per heavy atom. The third-order valence-electron chi connectivity index (χ3n) is 3.69. The lowest BCUT2D eigenvalue weighted by Gasteiger charge is -2.14. The Labute approximate surface area is 149 Å². The smallest absolute Gasteiger partial charge is 0.282 e. The fraction of sp³-hybridized carbons (Fsp3) is 0.222. The number of aromatic nitrogens is 2. The van der Waals surface area contributed by atoms with Gasteiger partial charge in [-0.05, 0) is 18.2 Å². The summed E-state index contributed by atoms with van der Waals surface area (Å²) in [5.74, 6) is 2.13. The fourth-order valence-electron chi connectivity index (χ4n) is 2.56. The number of quaternary nitrogens is 1. The van der Waals surface area contributed by atoms with E-state index in [1.165, 1.54) is 4.90 Å². The van der Waals surface area contributed by atoms with Crippen molar-refractivity contribution in [2.24, 2.45) is 0 Å². The van der Waals surface area contributed by atoms with Crippen LogP contribution < -0.4 is 9.64 Å². The zero-order valence-electron chi connectivity index (χ0n) is 13.6. The maximum Gasteiger partial charge on any atom is 0.282 e. The van der Waals surface area contributed by atoms with E-state index in [9.17, 15) is 0 Å². The Hall–Kier alpha value is -2.18. The van der Waals surface area contributed by atoms with Crippen LogP contribution in [0.2, 0.25) is 0 Å². The highest BCUT2D eigenvalue weighted by Gasteiger charge is 2.15. The third kappa shape index (κ3) is 4.01. The van der Waals surface area contributed by atoms with Crippen LogP contribution in [-0.4, -0.2) is 24.3 Å². The second-order valence-electron chi connectivity index (χ2n) is 5.64. The molecule has 0 aliphatic heterocycles. The molecule has 0 aliphatic carbocycles. The number of nitrogens with zero attached hydrogens (tertiary/aromatic N) is 2. The number of nitrogens with one attached hydrogen (secondary N) is 1. The van der Waals surface area contributed by atoms with Crippen LogP contribution in [0.15, 0.2) is 57.5 Å². The summed E-state index contributed by atoms with van der Waals surface area (Å²) in [6.07, 6.45) is 0. The molecule has 1 atom stereocenters. The summed E-state index contributed by atoms with van der Waals surface area (Å²) >= 11 is 3.51. The summed E-state index contributed by atoms with van der Waals surface area (Å²) in [5.41, 5.74) is 2.09. The maximum absolute atomic E-state index is 5.43. The third-order valence-corrected chi connectivity index (χ3v) is 4.18. The molecule has 5 nitrogen and oxygen atoms in total. The summed E-state index contributed by atoms with van der Waals surface area (Å²) in [7, 11) is 3.78. The first kappa shape index (κ1) is 16.7. The number of hydrogen-bond donors (Lipinski definition) is 1. The van der Waals surface area contributed by atoms with E-state index in [0.717, 1.165) is 27.9 Å². The maximum atomic E-state index is 5.43. The Balaban J connectivity index is 1.69. The normalized spacial score (nSPS) is 12.1. The zero-order valence-corrected chi connectivity index (χ0v) is 15.2. The molecule has 2 aromatic carbocycles. The molecule has 3 aromatic rings. The zero-order chi connectivity index (χ0) is 16.9. The monoisotopic (exact) mass is 388 g/mol. The van der Waals surface area contributed by atoms with Gasteiger partial charge in [-0.25, -0.2) is 0 Å². The van der Waals surface area contributed by atoms with E-state index >= 15 is 0 Å². The van der Waals surface area contributed by atoms with Crippen LogP contribution in [0.25, 0.3) is 11.4 Å². The lowest BCUT2D eigenvalue weighted by molar-refractivity contribution is -0.909. The molecule has 0 spiro atoms. The van der Waals surface area contributed by atoms with Gasteiger partial charge in [-0.15, -0.1) is 0 Å². The molecular formula is C18H19BrN3O2+. The van der Waals surface area contributed by atoms with Crippen LogP contribution in [0, 0.1) is 0 Å². The molecule has 124 valence electrons. The van der Waals surface area contributed by atoms with Gasteiger partial charge in [0.1, 0.15) is 12.3 Å². The van der Waals surface area contributed by atoms with Crippen LogP contribution in [0.1, 0.15) is 11.5 Å². The first-order chi connectivity index (χ1) is 11.7. The van der Waals surface area contributed by atoms with Gasteiger partial charge < -0.3 is 14.2 Å². The molecule has 0 fully saturated rings. The molecule has 1 N–H and O–H groups in total. The van der Waals surface area contributed by atoms with Gasteiger partial charge >= 0.3 is 0 Å². The van der Waals surface area contributed by atoms with Gasteiger partial charge in [0.2, 0.25) is 5.82 Å². The number of methoxy groups -OCH3 is 1. The van der Waals surface area contributed by atoms with E-state index < -0.39 is 0 Å². The van der Waals surface area contributed by atoms with E-state index in [1.54, 1.807) is 7.11 Å². The summed E-state index contributed by atoms with van der Waals surface area (Å²) in [6, 6.07) is 15.8. The van der Waals surface area contributed by atoms with Gasteiger partial charge in [0.25, 0.3) is 5.89 Å². The van der Waals surface area contributed by atoms with E-state index in [4.69, 9.17) is 9.26 Å². The van der Waals surface area contributed by atoms with Crippen LogP contribution >= 0.6 is 15.9 Å². The lowest BCUT2D eigenvalue weighted by atomic mass is 10.2. The predicted octanol–water partition coefficient (Wildman–Crippen LogP) is 2.72. The Bertz CT molecular complexity index is 805. The predicted molar refractivity (Wildman–Crippen MR) is 94.7 cm³/mol. The first-order valence-electron chi connectivity index (χ1n) is 7.67. The molecule has 0 radical (unpaired) electrons. The number of ether oxygens (including phenoxy) is 1. The van der Waals surface area contributed by atoms with Gasteiger partial charge in [0.05, 0.1) is 14.2 Å². The van der Waals surface area contributed by atoms with Crippen LogP contribution in [0.4, 0.5) is 0 Å². The van der Waals surface area contributed by atoms with Crippen molar-refractivity contribution < 1.29 is 14.2 Å². The largest absolute Gasteiger partial charge is 0.496 e. The number of halogens is 1. The molecule has 24 heavy (non-hydrogen) atoms. The number of benzene rings is 2. The van der Waals surface area contributed by atoms with E-state index in [2.05, 4.69) is 39.2 Å². The van der Waals surface area contributed by atoms with Gasteiger partial charge in [0, 0.05) is 15.6 Å². The highest BCUT2D eigenvalue weighted by Crippen LogP contribution is 2.22. The Morgan fingerprint density at radius 3 is 2.67 bits per heavy atom. The van der Waals surface area contributed by atoms with E-state index in [1.807, 2.05) is 42.5 Å². The molecule has 0 bridgehead atoms. The minimum absolute atomic E-state index is 0.624. The molecule has 0 aliphatic rings. The van der Waals surface area contributed by atoms with Gasteiger partial charge in [-0.3, -0.25) is 0 Å². The highest BCUT2D eigenvalue weighted by atomic mass is 79.9. The van der Waals surface area contributed by atoms with Gasteiger partial charge in [-0.2, -0.15) is 4.98 Å². The minimum Gasteiger partial charge on any atom is -0.496 e. The van der Waals surface area contributed by atoms with Crippen molar-refractivity contribution in [3.8, 4) is 17.1 Å². The Kier molecular flexibility index (Phi) is 5.27. The molecule has 1 heterocycles. The van der Waals surface area contributed by atoms with Gasteiger partial charge in [-0.1, -0.05) is 51.4 Å². The molecule has 6 heteroatoms. The minimum atomic E-state index is 0.624. The SMILES string of the molecule is COc1ccc(Br)cc1C[NH+](C)Cc1nc(-c2ccccc2)no1. The standard InChI is InChI=1S/C18H18BrN3O2/c1-22(11-14-10-15(19)8-9-16(14)23-2)12-17-20-18(21-24-17)13-6-4-3-5-7-13/h3-10H,11-12H2,1-2H3/p+1. The molecule has 1 unspecified atom stereocenters. The van der Waals surface area contributed by atoms with Crippen LogP contribution in [-0.2, 0) is 13.1 Å². The van der Waals surface area contributed by atoms with Crippen molar-refractivity contribution in [3.63, 3.8) is 0 Å². The summed E-state index contributed by atoms with van der Waals surface area (Å²) in [4.78, 5) is 5.71. The number of rotatable bonds is 6. The van der Waals surface area contributed by atoms with E-state index in [-0.39, 0.29) is 0 Å². The first-order valence-corrected chi connectivity index (χ1v) is 8.46. The van der Waals surface area contributed by atoms with Crippen molar-refractivity contribution >= 4 is 15.9 Å². The molecule has 0 saturated carbocycles. The highest BCUT2D eigenvalue weighted by molar-refractivity contribution is 9.10. The van der Waals surface area contributed by atoms with Crippen molar-refractivity contribution in [1.29, 1.82) is 0 Å². The summed E-state index contributed by atoms with van der Waals surface area (Å²) in [6.45, 7) is 1.45. The lowest BCUT2D eigenvalue weighted by Crippen LogP contribution is -3.06. The average Bonchev–Trinajstić information content (AvgIpc) is 3.04. The summed E-state index contributed by atoms with van der Waals surface area (Å²) in [5, 5.41) is 4.06. The molecule has 3 rings (SSSR count). The quantitative estimate of drug-likeness (QED) is 0.705. The van der Waals surface area contributed by atoms with Crippen LogP contribution in [0.3, 0.4) is 0 Å². The molecule has 1 aromatic heterocycles. The average molecular weight is 389 g/mol. The van der Waals surface area contributed by atoms with Crippen LogP contribution in [0.5, 0.6) is 5.75 Å². The second kappa shape index (κ2) is 7.59. The molecule has 0 amide bonds. The van der Waals surface area contributed by atoms with Crippen molar-refractivity contribution in [2.45, 2.75) is 13.1 Å². The molecular weight excluding hydrogens is 370 g/mol. The topological polar surface area (TPSA) is 52.6 Å². The van der Waals surface area contributed by atoms with Gasteiger partial charge in [0.15, 0.2) is 6.54 Å². The molecule has 0 saturated heterocycles.